The molecule has 0 N–H and O–H groups in total. The molecule has 1 rings (SSSR count). The van der Waals surface area contributed by atoms with Crippen molar-refractivity contribution in [2.24, 2.45) is 5.16 Å². The van der Waals surface area contributed by atoms with Gasteiger partial charge in [-0.25, -0.2) is 0 Å². The topological polar surface area (TPSA) is 21.6 Å². The Kier molecular flexibility index (Phi) is 1.72. The molecule has 0 amide bonds. The highest BCUT2D eigenvalue weighted by Crippen LogP contribution is 2.01. The Morgan fingerprint density at radius 3 is 3.43 bits per heavy atom. The molecule has 0 spiro atoms. The Morgan fingerprint density at radius 1 is 1.43 bits per heavy atom. The van der Waals surface area contributed by atoms with Crippen LogP contribution in [0.3, 0.4) is 0 Å². The lowest BCUT2D eigenvalue weighted by atomic mass is 10.3. The van der Waals surface area contributed by atoms with Crippen molar-refractivity contribution in [3.05, 3.63) is 6.61 Å². The third kappa shape index (κ3) is 1.57. The minimum absolute atomic E-state index is 1.03. The molecule has 39 valence electrons. The van der Waals surface area contributed by atoms with E-state index in [0.29, 0.717) is 0 Å². The van der Waals surface area contributed by atoms with Gasteiger partial charge in [-0.05, 0) is 19.3 Å². The Hall–Kier alpha value is -0.530. The van der Waals surface area contributed by atoms with Gasteiger partial charge in [0.1, 0.15) is 0 Å². The van der Waals surface area contributed by atoms with Crippen molar-refractivity contribution in [2.45, 2.75) is 19.3 Å². The molecule has 0 saturated carbocycles. The fraction of sp³-hybridized carbons (Fsp3) is 0.600. The summed E-state index contributed by atoms with van der Waals surface area (Å²) < 4.78 is 0. The molecule has 0 fully saturated rings. The number of nitrogens with zero attached hydrogens (tertiary/aromatic N) is 1. The quantitative estimate of drug-likeness (QED) is 0.448. The van der Waals surface area contributed by atoms with Crippen LogP contribution in [0.1, 0.15) is 19.3 Å². The molecule has 1 aliphatic heterocycles. The number of hydrogen-bond donors (Lipinski definition) is 0. The van der Waals surface area contributed by atoms with E-state index in [-0.39, 0.29) is 0 Å². The van der Waals surface area contributed by atoms with E-state index in [1.807, 2.05) is 0 Å². The van der Waals surface area contributed by atoms with Crippen LogP contribution >= 0.6 is 0 Å². The molecule has 1 radical (unpaired) electrons. The summed E-state index contributed by atoms with van der Waals surface area (Å²) in [4.78, 5) is 4.64. The molecule has 0 aromatic rings. The maximum Gasteiger partial charge on any atom is 0.166 e. The zero-order chi connectivity index (χ0) is 4.95. The monoisotopic (exact) mass is 98.1 g/mol. The first kappa shape index (κ1) is 4.62. The predicted octanol–water partition coefficient (Wildman–Crippen LogP) is 1.33. The second-order valence-corrected chi connectivity index (χ2v) is 1.49. The lowest BCUT2D eigenvalue weighted by molar-refractivity contribution is 0.211. The minimum atomic E-state index is 1.03. The Labute approximate surface area is 43.2 Å². The van der Waals surface area contributed by atoms with Gasteiger partial charge in [0.05, 0.1) is 0 Å². The molecule has 7 heavy (non-hydrogen) atoms. The van der Waals surface area contributed by atoms with Gasteiger partial charge in [0.25, 0.3) is 0 Å². The van der Waals surface area contributed by atoms with E-state index in [1.165, 1.54) is 6.42 Å². The fourth-order valence-electron chi connectivity index (χ4n) is 0.484. The Balaban J connectivity index is 2.20. The van der Waals surface area contributed by atoms with Crippen LogP contribution < -0.4 is 0 Å². The largest absolute Gasteiger partial charge is 0.389 e. The summed E-state index contributed by atoms with van der Waals surface area (Å²) in [5, 5.41) is 3.59. The Bertz CT molecular complexity index is 62.5. The molecule has 0 aliphatic carbocycles. The van der Waals surface area contributed by atoms with Crippen LogP contribution in [0.4, 0.5) is 0 Å². The number of rotatable bonds is 0. The van der Waals surface area contributed by atoms with Crippen molar-refractivity contribution in [2.75, 3.05) is 0 Å². The van der Waals surface area contributed by atoms with E-state index >= 15 is 0 Å². The molecule has 0 atom stereocenters. The second-order valence-electron chi connectivity index (χ2n) is 1.49. The molecule has 0 saturated heterocycles. The zero-order valence-corrected chi connectivity index (χ0v) is 4.13. The molecule has 1 aliphatic rings. The molecular formula is C5H8NO. The summed E-state index contributed by atoms with van der Waals surface area (Å²) in [5.74, 6) is 0. The van der Waals surface area contributed by atoms with Gasteiger partial charge in [-0.2, -0.15) is 0 Å². The van der Waals surface area contributed by atoms with Crippen LogP contribution in [0.15, 0.2) is 5.16 Å². The fourth-order valence-corrected chi connectivity index (χ4v) is 0.484. The van der Waals surface area contributed by atoms with Gasteiger partial charge < -0.3 is 4.84 Å². The predicted molar refractivity (Wildman–Crippen MR) is 27.7 cm³/mol. The van der Waals surface area contributed by atoms with Crippen LogP contribution in [0, 0.1) is 6.61 Å². The van der Waals surface area contributed by atoms with E-state index in [4.69, 9.17) is 0 Å². The van der Waals surface area contributed by atoms with Crippen molar-refractivity contribution in [1.82, 2.24) is 0 Å². The molecule has 0 unspecified atom stereocenters. The standard InChI is InChI=1S/C5H8NO/c1-2-4-6-7-5-3-1/h4-5H,1-3H2. The second kappa shape index (κ2) is 2.61. The molecular weight excluding hydrogens is 90.1 g/mol. The minimum Gasteiger partial charge on any atom is -0.389 e. The van der Waals surface area contributed by atoms with Crippen LogP contribution in [-0.4, -0.2) is 6.21 Å². The summed E-state index contributed by atoms with van der Waals surface area (Å²) >= 11 is 0. The summed E-state index contributed by atoms with van der Waals surface area (Å²) in [5.41, 5.74) is 0. The first-order valence-corrected chi connectivity index (χ1v) is 2.49. The van der Waals surface area contributed by atoms with Gasteiger partial charge in [0.2, 0.25) is 0 Å². The van der Waals surface area contributed by atoms with Gasteiger partial charge in [-0.3, -0.25) is 0 Å². The zero-order valence-electron chi connectivity index (χ0n) is 4.13. The molecule has 0 aromatic heterocycles. The average molecular weight is 98.1 g/mol. The third-order valence-electron chi connectivity index (χ3n) is 0.865. The smallest absolute Gasteiger partial charge is 0.166 e. The molecule has 0 bridgehead atoms. The number of hydrogen-bond acceptors (Lipinski definition) is 2. The van der Waals surface area contributed by atoms with Crippen LogP contribution in [0.2, 0.25) is 0 Å². The van der Waals surface area contributed by atoms with Gasteiger partial charge in [-0.15, -0.1) is 0 Å². The van der Waals surface area contributed by atoms with Crippen LogP contribution in [-0.2, 0) is 4.84 Å². The van der Waals surface area contributed by atoms with E-state index in [0.717, 1.165) is 12.8 Å². The number of oxime groups is 1. The maximum atomic E-state index is 4.64. The lowest BCUT2D eigenvalue weighted by Crippen LogP contribution is -1.72. The van der Waals surface area contributed by atoms with E-state index in [9.17, 15) is 0 Å². The van der Waals surface area contributed by atoms with E-state index in [1.54, 1.807) is 12.8 Å². The normalized spacial score (nSPS) is 20.6. The van der Waals surface area contributed by atoms with Crippen LogP contribution in [0.25, 0.3) is 0 Å². The van der Waals surface area contributed by atoms with Gasteiger partial charge in [-0.1, -0.05) is 5.16 Å². The van der Waals surface area contributed by atoms with Crippen molar-refractivity contribution in [3.63, 3.8) is 0 Å². The third-order valence-corrected chi connectivity index (χ3v) is 0.865. The average Bonchev–Trinajstić information content (AvgIpc) is 1.90. The van der Waals surface area contributed by atoms with E-state index in [2.05, 4.69) is 9.99 Å². The summed E-state index contributed by atoms with van der Waals surface area (Å²) in [6.45, 7) is 1.73. The van der Waals surface area contributed by atoms with Crippen molar-refractivity contribution in [3.8, 4) is 0 Å². The molecule has 2 nitrogen and oxygen atoms in total. The first-order valence-electron chi connectivity index (χ1n) is 2.49. The van der Waals surface area contributed by atoms with Crippen molar-refractivity contribution < 1.29 is 4.84 Å². The highest BCUT2D eigenvalue weighted by Gasteiger charge is 1.91. The first-order chi connectivity index (χ1) is 3.50. The highest BCUT2D eigenvalue weighted by atomic mass is 16.6. The van der Waals surface area contributed by atoms with Gasteiger partial charge in [0, 0.05) is 6.21 Å². The lowest BCUT2D eigenvalue weighted by Gasteiger charge is -1.86. The molecule has 0 aromatic carbocycles. The summed E-state index contributed by atoms with van der Waals surface area (Å²) in [6.07, 6.45) is 5.05. The Morgan fingerprint density at radius 2 is 2.43 bits per heavy atom. The van der Waals surface area contributed by atoms with Gasteiger partial charge in [0.15, 0.2) is 6.61 Å². The maximum absolute atomic E-state index is 4.64. The van der Waals surface area contributed by atoms with Crippen molar-refractivity contribution >= 4 is 6.21 Å². The van der Waals surface area contributed by atoms with Crippen LogP contribution in [0.5, 0.6) is 0 Å². The summed E-state index contributed by atoms with van der Waals surface area (Å²) in [6, 6.07) is 0. The summed E-state index contributed by atoms with van der Waals surface area (Å²) in [7, 11) is 0. The highest BCUT2D eigenvalue weighted by molar-refractivity contribution is 5.56. The van der Waals surface area contributed by atoms with Gasteiger partial charge >= 0.3 is 0 Å². The SMILES string of the molecule is [CH]1CCCC=NO1. The molecule has 2 heteroatoms. The van der Waals surface area contributed by atoms with Crippen molar-refractivity contribution in [1.29, 1.82) is 0 Å². The van der Waals surface area contributed by atoms with E-state index < -0.39 is 0 Å². The molecule has 1 heterocycles.